The molecule has 1 N–H and O–H groups in total. The third-order valence-electron chi connectivity index (χ3n) is 4.14. The lowest BCUT2D eigenvalue weighted by molar-refractivity contribution is 0.0937. The summed E-state index contributed by atoms with van der Waals surface area (Å²) in [4.78, 5) is 26.6. The van der Waals surface area contributed by atoms with Gasteiger partial charge in [-0.2, -0.15) is 10.2 Å². The number of rotatable bonds is 4. The highest BCUT2D eigenvalue weighted by atomic mass is 16.5. The minimum absolute atomic E-state index is 0.0645. The summed E-state index contributed by atoms with van der Waals surface area (Å²) in [5.41, 5.74) is 0.270. The van der Waals surface area contributed by atoms with E-state index in [9.17, 15) is 4.79 Å². The van der Waals surface area contributed by atoms with Gasteiger partial charge < -0.3 is 14.7 Å². The van der Waals surface area contributed by atoms with Gasteiger partial charge in [-0.05, 0) is 25.7 Å². The molecule has 1 aliphatic carbocycles. The summed E-state index contributed by atoms with van der Waals surface area (Å²) in [6.07, 6.45) is 6.78. The molecule has 3 heterocycles. The first-order valence-electron chi connectivity index (χ1n) is 7.88. The van der Waals surface area contributed by atoms with Gasteiger partial charge in [0, 0.05) is 12.6 Å². The standard InChI is InChI=1S/C15H15N7O2/c16-6-10-7-18-12(8-17-10)22-5-1-2-11(22)15-20-13(21-24-15)14(23)19-9-3-4-9/h7-9,11H,1-5H2,(H,19,23)/t11-/m1/s1. The Hall–Kier alpha value is -3.02. The average molecular weight is 325 g/mol. The van der Waals surface area contributed by atoms with Crippen LogP contribution >= 0.6 is 0 Å². The summed E-state index contributed by atoms with van der Waals surface area (Å²) in [6, 6.07) is 2.06. The molecule has 0 spiro atoms. The van der Waals surface area contributed by atoms with Crippen LogP contribution in [-0.4, -0.2) is 38.6 Å². The lowest BCUT2D eigenvalue weighted by Gasteiger charge is -2.22. The van der Waals surface area contributed by atoms with Crippen LogP contribution in [0.2, 0.25) is 0 Å². The van der Waals surface area contributed by atoms with Crippen molar-refractivity contribution < 1.29 is 9.32 Å². The van der Waals surface area contributed by atoms with E-state index in [2.05, 4.69) is 25.4 Å². The first-order chi connectivity index (χ1) is 11.7. The topological polar surface area (TPSA) is 121 Å². The third-order valence-corrected chi connectivity index (χ3v) is 4.14. The molecule has 0 bridgehead atoms. The van der Waals surface area contributed by atoms with Crippen LogP contribution in [0.5, 0.6) is 0 Å². The predicted octanol–water partition coefficient (Wildman–Crippen LogP) is 0.965. The number of amides is 1. The van der Waals surface area contributed by atoms with Gasteiger partial charge >= 0.3 is 0 Å². The van der Waals surface area contributed by atoms with Gasteiger partial charge in [-0.1, -0.05) is 5.16 Å². The highest BCUT2D eigenvalue weighted by Gasteiger charge is 2.33. The largest absolute Gasteiger partial charge is 0.346 e. The highest BCUT2D eigenvalue weighted by Crippen LogP contribution is 2.34. The summed E-state index contributed by atoms with van der Waals surface area (Å²) in [7, 11) is 0. The lowest BCUT2D eigenvalue weighted by atomic mass is 10.2. The summed E-state index contributed by atoms with van der Waals surface area (Å²) in [5.74, 6) is 0.822. The molecule has 2 aromatic rings. The quantitative estimate of drug-likeness (QED) is 0.882. The molecule has 4 rings (SSSR count). The second kappa shape index (κ2) is 5.88. The van der Waals surface area contributed by atoms with Gasteiger partial charge in [0.1, 0.15) is 17.9 Å². The van der Waals surface area contributed by atoms with Crippen molar-refractivity contribution >= 4 is 11.7 Å². The molecule has 1 atom stereocenters. The van der Waals surface area contributed by atoms with Gasteiger partial charge in [0.15, 0.2) is 5.69 Å². The summed E-state index contributed by atoms with van der Waals surface area (Å²) in [5, 5.41) is 15.4. The summed E-state index contributed by atoms with van der Waals surface area (Å²) in [6.45, 7) is 0.775. The van der Waals surface area contributed by atoms with Crippen molar-refractivity contribution in [1.82, 2.24) is 25.4 Å². The zero-order valence-corrected chi connectivity index (χ0v) is 12.8. The second-order valence-corrected chi connectivity index (χ2v) is 5.93. The number of nitrogens with zero attached hydrogens (tertiary/aromatic N) is 6. The Labute approximate surface area is 137 Å². The van der Waals surface area contributed by atoms with Crippen molar-refractivity contribution in [2.45, 2.75) is 37.8 Å². The molecule has 1 saturated carbocycles. The molecule has 2 aromatic heterocycles. The molecule has 9 nitrogen and oxygen atoms in total. The average Bonchev–Trinajstić information content (AvgIpc) is 3.11. The molecular weight excluding hydrogens is 310 g/mol. The van der Waals surface area contributed by atoms with E-state index in [1.807, 2.05) is 11.0 Å². The number of aromatic nitrogens is 4. The number of nitriles is 1. The van der Waals surface area contributed by atoms with E-state index in [0.29, 0.717) is 11.7 Å². The Morgan fingerprint density at radius 1 is 1.33 bits per heavy atom. The van der Waals surface area contributed by atoms with Crippen LogP contribution in [0, 0.1) is 11.3 Å². The zero-order chi connectivity index (χ0) is 16.5. The highest BCUT2D eigenvalue weighted by molar-refractivity contribution is 5.90. The van der Waals surface area contributed by atoms with E-state index in [1.165, 1.54) is 6.20 Å². The predicted molar refractivity (Wildman–Crippen MR) is 80.9 cm³/mol. The van der Waals surface area contributed by atoms with Gasteiger partial charge in [-0.25, -0.2) is 9.97 Å². The van der Waals surface area contributed by atoms with Crippen LogP contribution < -0.4 is 10.2 Å². The fourth-order valence-electron chi connectivity index (χ4n) is 2.77. The normalized spacial score (nSPS) is 20.0. The molecule has 0 unspecified atom stereocenters. The van der Waals surface area contributed by atoms with Crippen molar-refractivity contribution in [3.8, 4) is 6.07 Å². The molecule has 0 aromatic carbocycles. The maximum absolute atomic E-state index is 12.0. The minimum atomic E-state index is -0.296. The van der Waals surface area contributed by atoms with E-state index in [4.69, 9.17) is 9.78 Å². The Morgan fingerprint density at radius 3 is 2.92 bits per heavy atom. The molecule has 122 valence electrons. The number of anilines is 1. The molecule has 1 saturated heterocycles. The molecule has 9 heteroatoms. The second-order valence-electron chi connectivity index (χ2n) is 5.93. The Morgan fingerprint density at radius 2 is 2.21 bits per heavy atom. The van der Waals surface area contributed by atoms with Crippen LogP contribution in [0.25, 0.3) is 0 Å². The smallest absolute Gasteiger partial charge is 0.292 e. The summed E-state index contributed by atoms with van der Waals surface area (Å²) >= 11 is 0. The van der Waals surface area contributed by atoms with Gasteiger partial charge in [0.25, 0.3) is 11.7 Å². The molecular formula is C15H15N7O2. The number of hydrogen-bond donors (Lipinski definition) is 1. The monoisotopic (exact) mass is 325 g/mol. The fraction of sp³-hybridized carbons (Fsp3) is 0.467. The maximum Gasteiger partial charge on any atom is 0.292 e. The van der Waals surface area contributed by atoms with Gasteiger partial charge in [-0.15, -0.1) is 0 Å². The van der Waals surface area contributed by atoms with Crippen LogP contribution in [-0.2, 0) is 0 Å². The number of hydrogen-bond acceptors (Lipinski definition) is 8. The van der Waals surface area contributed by atoms with E-state index >= 15 is 0 Å². The fourth-order valence-corrected chi connectivity index (χ4v) is 2.77. The van der Waals surface area contributed by atoms with Crippen molar-refractivity contribution in [2.24, 2.45) is 0 Å². The molecule has 1 aliphatic heterocycles. The molecule has 2 aliphatic rings. The van der Waals surface area contributed by atoms with E-state index in [0.717, 1.165) is 32.2 Å². The molecule has 0 radical (unpaired) electrons. The Bertz CT molecular complexity index is 791. The Kier molecular flexibility index (Phi) is 3.57. The van der Waals surface area contributed by atoms with E-state index < -0.39 is 0 Å². The van der Waals surface area contributed by atoms with E-state index in [1.54, 1.807) is 6.20 Å². The first kappa shape index (κ1) is 14.6. The maximum atomic E-state index is 12.0. The van der Waals surface area contributed by atoms with Crippen LogP contribution in [0.15, 0.2) is 16.9 Å². The van der Waals surface area contributed by atoms with Crippen molar-refractivity contribution in [1.29, 1.82) is 5.26 Å². The number of carbonyl (C=O) groups excluding carboxylic acids is 1. The zero-order valence-electron chi connectivity index (χ0n) is 12.8. The van der Waals surface area contributed by atoms with E-state index in [-0.39, 0.29) is 29.5 Å². The van der Waals surface area contributed by atoms with Crippen LogP contribution in [0.3, 0.4) is 0 Å². The molecule has 2 fully saturated rings. The van der Waals surface area contributed by atoms with Crippen LogP contribution in [0.1, 0.15) is 53.9 Å². The van der Waals surface area contributed by atoms with Gasteiger partial charge in [-0.3, -0.25) is 4.79 Å². The van der Waals surface area contributed by atoms with Crippen molar-refractivity contribution in [3.63, 3.8) is 0 Å². The Balaban J connectivity index is 1.52. The first-order valence-corrected chi connectivity index (χ1v) is 7.88. The van der Waals surface area contributed by atoms with Crippen LogP contribution in [0.4, 0.5) is 5.82 Å². The number of carbonyl (C=O) groups is 1. The third kappa shape index (κ3) is 2.78. The SMILES string of the molecule is N#Cc1cnc(N2CCC[C@@H]2c2nc(C(=O)NC3CC3)no2)cn1. The van der Waals surface area contributed by atoms with Gasteiger partial charge in [0.2, 0.25) is 5.89 Å². The lowest BCUT2D eigenvalue weighted by Crippen LogP contribution is -2.27. The minimum Gasteiger partial charge on any atom is -0.346 e. The molecule has 24 heavy (non-hydrogen) atoms. The summed E-state index contributed by atoms with van der Waals surface area (Å²) < 4.78 is 5.30. The van der Waals surface area contributed by atoms with Gasteiger partial charge in [0.05, 0.1) is 12.4 Å². The van der Waals surface area contributed by atoms with Crippen molar-refractivity contribution in [3.05, 3.63) is 29.8 Å². The number of nitrogens with one attached hydrogen (secondary N) is 1. The molecule has 1 amide bonds. The van der Waals surface area contributed by atoms with Crippen molar-refractivity contribution in [2.75, 3.05) is 11.4 Å².